The van der Waals surface area contributed by atoms with E-state index in [9.17, 15) is 14.9 Å². The van der Waals surface area contributed by atoms with E-state index in [0.717, 1.165) is 10.7 Å². The molecule has 2 aromatic rings. The number of benzene rings is 2. The Labute approximate surface area is 167 Å². The van der Waals surface area contributed by atoms with Crippen molar-refractivity contribution in [3.63, 3.8) is 0 Å². The summed E-state index contributed by atoms with van der Waals surface area (Å²) in [5.74, 6) is 0.941. The van der Waals surface area contributed by atoms with Crippen LogP contribution in [0.5, 0.6) is 23.0 Å². The van der Waals surface area contributed by atoms with Crippen molar-refractivity contribution in [2.75, 3.05) is 20.5 Å². The normalized spacial score (nSPS) is 12.1. The van der Waals surface area contributed by atoms with Crippen LogP contribution in [0, 0.1) is 10.1 Å². The van der Waals surface area contributed by atoms with Crippen molar-refractivity contribution in [2.24, 2.45) is 5.10 Å². The minimum Gasteiger partial charge on any atom is -0.493 e. The van der Waals surface area contributed by atoms with E-state index in [1.807, 2.05) is 0 Å². The van der Waals surface area contributed by atoms with Gasteiger partial charge in [0.05, 0.1) is 29.9 Å². The molecule has 0 fully saturated rings. The Bertz CT molecular complexity index is 949. The van der Waals surface area contributed by atoms with Gasteiger partial charge in [-0.2, -0.15) is 5.10 Å². The second-order valence-corrected chi connectivity index (χ2v) is 6.31. The number of nitrogens with zero attached hydrogens (tertiary/aromatic N) is 2. The number of amides is 1. The van der Waals surface area contributed by atoms with E-state index < -0.39 is 10.8 Å². The Balaban J connectivity index is 1.62. The Morgan fingerprint density at radius 2 is 2.07 bits per heavy atom. The van der Waals surface area contributed by atoms with Crippen LogP contribution in [0.1, 0.15) is 5.56 Å². The lowest BCUT2D eigenvalue weighted by Crippen LogP contribution is -2.24. The molecule has 1 aliphatic rings. The Hall–Kier alpha value is -3.34. The first kappa shape index (κ1) is 19.4. The molecule has 0 saturated heterocycles. The molecule has 0 aliphatic carbocycles. The predicted octanol–water partition coefficient (Wildman–Crippen LogP) is 2.62. The molecule has 3 rings (SSSR count). The van der Waals surface area contributed by atoms with Crippen LogP contribution in [0.15, 0.2) is 39.9 Å². The van der Waals surface area contributed by atoms with Crippen molar-refractivity contribution in [2.45, 2.75) is 0 Å². The van der Waals surface area contributed by atoms with E-state index in [0.29, 0.717) is 17.2 Å². The van der Waals surface area contributed by atoms with Gasteiger partial charge in [-0.1, -0.05) is 15.9 Å². The van der Waals surface area contributed by atoms with Gasteiger partial charge in [0.25, 0.3) is 11.6 Å². The quantitative estimate of drug-likeness (QED) is 0.389. The van der Waals surface area contributed by atoms with E-state index in [-0.39, 0.29) is 30.4 Å². The Morgan fingerprint density at radius 3 is 2.79 bits per heavy atom. The fourth-order valence-electron chi connectivity index (χ4n) is 2.32. The maximum Gasteiger partial charge on any atom is 0.282 e. The molecule has 11 heteroatoms. The van der Waals surface area contributed by atoms with E-state index >= 15 is 0 Å². The third-order valence-corrected chi connectivity index (χ3v) is 4.09. The maximum absolute atomic E-state index is 11.9. The molecule has 28 heavy (non-hydrogen) atoms. The minimum atomic E-state index is -0.575. The fourth-order valence-corrected chi connectivity index (χ4v) is 2.66. The number of fused-ring (bicyclic) bond motifs is 1. The molecule has 0 bridgehead atoms. The van der Waals surface area contributed by atoms with Crippen molar-refractivity contribution in [1.29, 1.82) is 0 Å². The van der Waals surface area contributed by atoms with Crippen LogP contribution in [0.3, 0.4) is 0 Å². The number of carbonyl (C=O) groups is 1. The van der Waals surface area contributed by atoms with Crippen LogP contribution >= 0.6 is 15.9 Å². The number of methoxy groups -OCH3 is 1. The smallest absolute Gasteiger partial charge is 0.282 e. The molecule has 0 unspecified atom stereocenters. The number of hydrogen-bond acceptors (Lipinski definition) is 8. The number of ether oxygens (including phenoxy) is 4. The van der Waals surface area contributed by atoms with Crippen molar-refractivity contribution < 1.29 is 28.7 Å². The van der Waals surface area contributed by atoms with Crippen LogP contribution in [0.25, 0.3) is 0 Å². The number of hydrogen-bond donors (Lipinski definition) is 1. The summed E-state index contributed by atoms with van der Waals surface area (Å²) in [4.78, 5) is 22.5. The Morgan fingerprint density at radius 1 is 1.32 bits per heavy atom. The van der Waals surface area contributed by atoms with Gasteiger partial charge >= 0.3 is 0 Å². The summed E-state index contributed by atoms with van der Waals surface area (Å²) in [5, 5.41) is 14.9. The summed E-state index contributed by atoms with van der Waals surface area (Å²) in [6, 6.07) is 7.75. The molecule has 1 N–H and O–H groups in total. The summed E-state index contributed by atoms with van der Waals surface area (Å²) < 4.78 is 21.7. The van der Waals surface area contributed by atoms with Gasteiger partial charge in [-0.05, 0) is 24.3 Å². The highest BCUT2D eigenvalue weighted by molar-refractivity contribution is 9.10. The number of nitro benzene ring substituents is 1. The zero-order valence-electron chi connectivity index (χ0n) is 14.5. The first-order valence-corrected chi connectivity index (χ1v) is 8.63. The van der Waals surface area contributed by atoms with Crippen molar-refractivity contribution in [3.8, 4) is 23.0 Å². The third kappa shape index (κ3) is 4.49. The average Bonchev–Trinajstić information content (AvgIpc) is 3.13. The lowest BCUT2D eigenvalue weighted by atomic mass is 10.1. The first-order chi connectivity index (χ1) is 13.5. The second kappa shape index (κ2) is 8.57. The number of hydrazone groups is 1. The minimum absolute atomic E-state index is 0.0132. The molecule has 0 aromatic heterocycles. The molecule has 146 valence electrons. The van der Waals surface area contributed by atoms with Gasteiger partial charge in [-0.3, -0.25) is 14.9 Å². The van der Waals surface area contributed by atoms with Gasteiger partial charge in [0.15, 0.2) is 29.6 Å². The lowest BCUT2D eigenvalue weighted by molar-refractivity contribution is -0.385. The van der Waals surface area contributed by atoms with Gasteiger partial charge in [0.1, 0.15) is 0 Å². The van der Waals surface area contributed by atoms with E-state index in [1.54, 1.807) is 18.2 Å². The van der Waals surface area contributed by atoms with Gasteiger partial charge in [-0.25, -0.2) is 5.43 Å². The number of nitrogens with one attached hydrogen (secondary N) is 1. The zero-order chi connectivity index (χ0) is 20.1. The van der Waals surface area contributed by atoms with Gasteiger partial charge in [-0.15, -0.1) is 0 Å². The summed E-state index contributed by atoms with van der Waals surface area (Å²) >= 11 is 3.31. The summed E-state index contributed by atoms with van der Waals surface area (Å²) in [7, 11) is 1.48. The largest absolute Gasteiger partial charge is 0.493 e. The summed E-state index contributed by atoms with van der Waals surface area (Å²) in [6.07, 6.45) is 1.15. The maximum atomic E-state index is 11.9. The van der Waals surface area contributed by atoms with E-state index in [2.05, 4.69) is 26.5 Å². The van der Waals surface area contributed by atoms with Gasteiger partial charge in [0, 0.05) is 4.47 Å². The number of carbonyl (C=O) groups excluding carboxylic acids is 1. The van der Waals surface area contributed by atoms with Crippen LogP contribution in [0.2, 0.25) is 0 Å². The van der Waals surface area contributed by atoms with Crippen molar-refractivity contribution in [1.82, 2.24) is 5.43 Å². The lowest BCUT2D eigenvalue weighted by Gasteiger charge is -2.10. The highest BCUT2D eigenvalue weighted by Gasteiger charge is 2.22. The molecule has 0 radical (unpaired) electrons. The third-order valence-electron chi connectivity index (χ3n) is 3.60. The zero-order valence-corrected chi connectivity index (χ0v) is 16.1. The van der Waals surface area contributed by atoms with E-state index in [4.69, 9.17) is 18.9 Å². The van der Waals surface area contributed by atoms with E-state index in [1.165, 1.54) is 19.2 Å². The number of halogens is 1. The van der Waals surface area contributed by atoms with Crippen LogP contribution in [-0.2, 0) is 4.79 Å². The average molecular weight is 452 g/mol. The molecule has 0 saturated carbocycles. The first-order valence-electron chi connectivity index (χ1n) is 7.84. The molecule has 10 nitrogen and oxygen atoms in total. The van der Waals surface area contributed by atoms with Crippen LogP contribution in [-0.4, -0.2) is 37.6 Å². The fraction of sp³-hybridized carbons (Fsp3) is 0.176. The number of rotatable bonds is 7. The van der Waals surface area contributed by atoms with Crippen LogP contribution in [0.4, 0.5) is 5.69 Å². The molecular weight excluding hydrogens is 438 g/mol. The SMILES string of the molecule is COc1cc(Br)ccc1OCC(=O)N/N=C/c1cc2c(cc1[N+](=O)[O-])OCO2. The van der Waals surface area contributed by atoms with Gasteiger partial charge < -0.3 is 18.9 Å². The molecule has 0 atom stereocenters. The number of nitro groups is 1. The molecule has 1 heterocycles. The highest BCUT2D eigenvalue weighted by atomic mass is 79.9. The molecule has 1 aliphatic heterocycles. The topological polar surface area (TPSA) is 122 Å². The standard InChI is InChI=1S/C17H14BrN3O7/c1-25-14-5-11(18)2-3-13(14)26-8-17(22)20-19-7-10-4-15-16(28-9-27-15)6-12(10)21(23)24/h2-7H,8-9H2,1H3,(H,20,22)/b19-7+. The Kier molecular flexibility index (Phi) is 5.94. The molecular formula is C17H14BrN3O7. The van der Waals surface area contributed by atoms with Crippen molar-refractivity contribution >= 4 is 33.7 Å². The predicted molar refractivity (Wildman–Crippen MR) is 101 cm³/mol. The monoisotopic (exact) mass is 451 g/mol. The molecule has 1 amide bonds. The van der Waals surface area contributed by atoms with Crippen LogP contribution < -0.4 is 24.4 Å². The highest BCUT2D eigenvalue weighted by Crippen LogP contribution is 2.37. The van der Waals surface area contributed by atoms with Crippen molar-refractivity contribution in [3.05, 3.63) is 50.5 Å². The summed E-state index contributed by atoms with van der Waals surface area (Å²) in [5.41, 5.74) is 2.18. The van der Waals surface area contributed by atoms with Gasteiger partial charge in [0.2, 0.25) is 6.79 Å². The second-order valence-electron chi connectivity index (χ2n) is 5.40. The molecule has 2 aromatic carbocycles. The molecule has 0 spiro atoms. The summed E-state index contributed by atoms with van der Waals surface area (Å²) in [6.45, 7) is -0.334.